The minimum Gasteiger partial charge on any atom is -0.416 e. The molecule has 0 spiro atoms. The Morgan fingerprint density at radius 3 is 2.33 bits per heavy atom. The minimum atomic E-state index is 0.414. The first-order valence-electron chi connectivity index (χ1n) is 8.68. The van der Waals surface area contributed by atoms with Crippen LogP contribution < -0.4 is 5.32 Å². The van der Waals surface area contributed by atoms with Gasteiger partial charge in [0.25, 0.3) is 0 Å². The molecule has 3 aromatic carbocycles. The molecule has 0 aliphatic heterocycles. The molecule has 0 unspecified atom stereocenters. The Bertz CT molecular complexity index is 1070. The monoisotopic (exact) mass is 375 g/mol. The van der Waals surface area contributed by atoms with E-state index >= 15 is 0 Å². The van der Waals surface area contributed by atoms with Crippen LogP contribution in [0.2, 0.25) is 5.02 Å². The number of aryl methyl sites for hydroxylation is 1. The van der Waals surface area contributed by atoms with Gasteiger partial charge >= 0.3 is 0 Å². The van der Waals surface area contributed by atoms with Crippen molar-refractivity contribution in [3.63, 3.8) is 0 Å². The molecule has 4 aromatic rings. The van der Waals surface area contributed by atoms with Gasteiger partial charge in [0.1, 0.15) is 0 Å². The van der Waals surface area contributed by atoms with Crippen LogP contribution in [0.4, 0.5) is 5.69 Å². The quantitative estimate of drug-likeness (QED) is 0.466. The van der Waals surface area contributed by atoms with Crippen LogP contribution in [0.1, 0.15) is 11.1 Å². The van der Waals surface area contributed by atoms with Gasteiger partial charge in [0.2, 0.25) is 11.8 Å². The Morgan fingerprint density at radius 2 is 1.56 bits per heavy atom. The highest BCUT2D eigenvalue weighted by molar-refractivity contribution is 6.33. The molecule has 4 nitrogen and oxygen atoms in total. The Balaban J connectivity index is 1.61. The second kappa shape index (κ2) is 7.64. The number of halogens is 1. The van der Waals surface area contributed by atoms with E-state index in [1.807, 2.05) is 42.5 Å². The first kappa shape index (κ1) is 17.3. The fourth-order valence-corrected chi connectivity index (χ4v) is 3.13. The molecule has 5 heteroatoms. The molecule has 0 saturated heterocycles. The van der Waals surface area contributed by atoms with Gasteiger partial charge in [-0.05, 0) is 48.4 Å². The predicted octanol–water partition coefficient (Wildman–Crippen LogP) is 5.98. The average Bonchev–Trinajstić information content (AvgIpc) is 3.17. The van der Waals surface area contributed by atoms with Gasteiger partial charge in [0, 0.05) is 17.8 Å². The van der Waals surface area contributed by atoms with E-state index in [0.29, 0.717) is 23.3 Å². The van der Waals surface area contributed by atoms with E-state index in [2.05, 4.69) is 46.7 Å². The molecule has 27 heavy (non-hydrogen) atoms. The third-order valence-electron chi connectivity index (χ3n) is 4.28. The van der Waals surface area contributed by atoms with Crippen LogP contribution in [-0.2, 0) is 6.54 Å². The topological polar surface area (TPSA) is 51.0 Å². The second-order valence-corrected chi connectivity index (χ2v) is 6.68. The molecular formula is C22H18ClN3O. The number of nitrogens with zero attached hydrogens (tertiary/aromatic N) is 2. The highest BCUT2D eigenvalue weighted by Crippen LogP contribution is 2.30. The number of anilines is 1. The van der Waals surface area contributed by atoms with Crippen LogP contribution in [-0.4, -0.2) is 10.2 Å². The van der Waals surface area contributed by atoms with E-state index in [0.717, 1.165) is 22.4 Å². The Labute approximate surface area is 162 Å². The largest absolute Gasteiger partial charge is 0.416 e. The maximum atomic E-state index is 6.24. The smallest absolute Gasteiger partial charge is 0.249 e. The van der Waals surface area contributed by atoms with Gasteiger partial charge in [0.15, 0.2) is 0 Å². The number of hydrogen-bond donors (Lipinski definition) is 1. The van der Waals surface area contributed by atoms with Crippen LogP contribution in [0, 0.1) is 6.92 Å². The predicted molar refractivity (Wildman–Crippen MR) is 109 cm³/mol. The molecular weight excluding hydrogens is 358 g/mol. The first-order valence-corrected chi connectivity index (χ1v) is 9.06. The lowest BCUT2D eigenvalue weighted by molar-refractivity contribution is 0.584. The molecule has 0 aliphatic rings. The van der Waals surface area contributed by atoms with Crippen molar-refractivity contribution in [2.75, 3.05) is 5.32 Å². The summed E-state index contributed by atoms with van der Waals surface area (Å²) in [5.74, 6) is 0.892. The van der Waals surface area contributed by atoms with Gasteiger partial charge in [0.05, 0.1) is 10.6 Å². The van der Waals surface area contributed by atoms with E-state index in [1.165, 1.54) is 5.56 Å². The Morgan fingerprint density at radius 1 is 0.852 bits per heavy atom. The van der Waals surface area contributed by atoms with Crippen LogP contribution in [0.15, 0.2) is 77.2 Å². The third-order valence-corrected chi connectivity index (χ3v) is 4.61. The molecule has 134 valence electrons. The number of hydrogen-bond acceptors (Lipinski definition) is 4. The Kier molecular flexibility index (Phi) is 4.90. The van der Waals surface area contributed by atoms with E-state index in [-0.39, 0.29) is 0 Å². The summed E-state index contributed by atoms with van der Waals surface area (Å²) in [6.07, 6.45) is 0. The van der Waals surface area contributed by atoms with E-state index < -0.39 is 0 Å². The molecule has 0 aliphatic carbocycles. The van der Waals surface area contributed by atoms with Crippen LogP contribution in [0.3, 0.4) is 0 Å². The number of nitrogens with one attached hydrogen (secondary N) is 1. The molecule has 1 heterocycles. The molecule has 0 atom stereocenters. The van der Waals surface area contributed by atoms with Gasteiger partial charge in [-0.25, -0.2) is 0 Å². The molecule has 0 amide bonds. The van der Waals surface area contributed by atoms with Gasteiger partial charge < -0.3 is 9.73 Å². The van der Waals surface area contributed by atoms with Crippen molar-refractivity contribution in [3.05, 3.63) is 88.9 Å². The summed E-state index contributed by atoms with van der Waals surface area (Å²) in [7, 11) is 0. The SMILES string of the molecule is Cc1cccc(NCc2ccccc2-c2nnc(-c3ccccc3Cl)o2)c1. The summed E-state index contributed by atoms with van der Waals surface area (Å²) in [5, 5.41) is 12.4. The maximum absolute atomic E-state index is 6.24. The molecule has 4 rings (SSSR count). The van der Waals surface area contributed by atoms with Crippen LogP contribution >= 0.6 is 11.6 Å². The summed E-state index contributed by atoms with van der Waals surface area (Å²) >= 11 is 6.24. The third kappa shape index (κ3) is 3.86. The number of rotatable bonds is 5. The van der Waals surface area contributed by atoms with Crippen molar-refractivity contribution < 1.29 is 4.42 Å². The molecule has 0 radical (unpaired) electrons. The van der Waals surface area contributed by atoms with Crippen molar-refractivity contribution >= 4 is 17.3 Å². The minimum absolute atomic E-state index is 0.414. The van der Waals surface area contributed by atoms with Crippen molar-refractivity contribution in [3.8, 4) is 22.9 Å². The molecule has 1 aromatic heterocycles. The lowest BCUT2D eigenvalue weighted by Gasteiger charge is -2.10. The Hall–Kier alpha value is -3.11. The molecule has 0 fully saturated rings. The highest BCUT2D eigenvalue weighted by atomic mass is 35.5. The molecule has 1 N–H and O–H groups in total. The fourth-order valence-electron chi connectivity index (χ4n) is 2.91. The first-order chi connectivity index (χ1) is 13.2. The van der Waals surface area contributed by atoms with Crippen molar-refractivity contribution in [1.29, 1.82) is 0 Å². The summed E-state index contributed by atoms with van der Waals surface area (Å²) in [5.41, 5.74) is 5.01. The summed E-state index contributed by atoms with van der Waals surface area (Å²) in [6, 6.07) is 23.7. The molecule has 0 bridgehead atoms. The zero-order valence-electron chi connectivity index (χ0n) is 14.8. The van der Waals surface area contributed by atoms with Crippen molar-refractivity contribution in [2.24, 2.45) is 0 Å². The number of benzene rings is 3. The standard InChI is InChI=1S/C22H18ClN3O/c1-15-7-6-9-17(13-15)24-14-16-8-2-3-10-18(16)21-25-26-22(27-21)19-11-4-5-12-20(19)23/h2-13,24H,14H2,1H3. The van der Waals surface area contributed by atoms with Gasteiger partial charge in [-0.1, -0.05) is 54.1 Å². The zero-order chi connectivity index (χ0) is 18.6. The molecule has 0 saturated carbocycles. The van der Waals surface area contributed by atoms with Crippen molar-refractivity contribution in [1.82, 2.24) is 10.2 Å². The van der Waals surface area contributed by atoms with Crippen LogP contribution in [0.25, 0.3) is 22.9 Å². The second-order valence-electron chi connectivity index (χ2n) is 6.27. The highest BCUT2D eigenvalue weighted by Gasteiger charge is 2.15. The normalized spacial score (nSPS) is 10.7. The van der Waals surface area contributed by atoms with Gasteiger partial charge in [-0.3, -0.25) is 0 Å². The van der Waals surface area contributed by atoms with E-state index in [1.54, 1.807) is 6.07 Å². The number of aromatic nitrogens is 2. The zero-order valence-corrected chi connectivity index (χ0v) is 15.6. The fraction of sp³-hybridized carbons (Fsp3) is 0.0909. The lowest BCUT2D eigenvalue weighted by atomic mass is 10.1. The summed E-state index contributed by atoms with van der Waals surface area (Å²) in [4.78, 5) is 0. The van der Waals surface area contributed by atoms with E-state index in [4.69, 9.17) is 16.0 Å². The van der Waals surface area contributed by atoms with Gasteiger partial charge in [-0.2, -0.15) is 0 Å². The summed E-state index contributed by atoms with van der Waals surface area (Å²) < 4.78 is 5.91. The maximum Gasteiger partial charge on any atom is 0.249 e. The van der Waals surface area contributed by atoms with Crippen LogP contribution in [0.5, 0.6) is 0 Å². The van der Waals surface area contributed by atoms with E-state index in [9.17, 15) is 0 Å². The average molecular weight is 376 g/mol. The summed E-state index contributed by atoms with van der Waals surface area (Å²) in [6.45, 7) is 2.73. The lowest BCUT2D eigenvalue weighted by Crippen LogP contribution is -2.01. The van der Waals surface area contributed by atoms with Crippen molar-refractivity contribution in [2.45, 2.75) is 13.5 Å². The van der Waals surface area contributed by atoms with Gasteiger partial charge in [-0.15, -0.1) is 10.2 Å².